The maximum Gasteiger partial charge on any atom is 0.159 e. The number of halogens is 1. The van der Waals surface area contributed by atoms with Crippen LogP contribution in [0.5, 0.6) is 0 Å². The molecule has 6 nitrogen and oxygen atoms in total. The second-order valence-electron chi connectivity index (χ2n) is 6.04. The van der Waals surface area contributed by atoms with Gasteiger partial charge in [-0.3, -0.25) is 4.98 Å². The van der Waals surface area contributed by atoms with Crippen molar-refractivity contribution in [2.75, 3.05) is 24.7 Å². The van der Waals surface area contributed by atoms with Crippen LogP contribution in [-0.4, -0.2) is 39.3 Å². The second kappa shape index (κ2) is 5.29. The zero-order valence-corrected chi connectivity index (χ0v) is 13.5. The fourth-order valence-electron chi connectivity index (χ4n) is 3.30. The van der Waals surface area contributed by atoms with E-state index in [1.165, 1.54) is 5.57 Å². The van der Waals surface area contributed by atoms with E-state index in [-0.39, 0.29) is 0 Å². The molecule has 1 atom stereocenters. The summed E-state index contributed by atoms with van der Waals surface area (Å²) in [6.07, 6.45) is 5.66. The van der Waals surface area contributed by atoms with E-state index >= 15 is 0 Å². The number of fused-ring (bicyclic) bond motifs is 2. The molecule has 1 fully saturated rings. The lowest BCUT2D eigenvalue weighted by molar-refractivity contribution is 0.188. The van der Waals surface area contributed by atoms with E-state index in [1.54, 1.807) is 12.4 Å². The Morgan fingerprint density at radius 1 is 1.21 bits per heavy atom. The molecule has 3 aromatic rings. The van der Waals surface area contributed by atoms with E-state index < -0.39 is 0 Å². The third-order valence-electron chi connectivity index (χ3n) is 4.50. The molecule has 1 unspecified atom stereocenters. The molecule has 0 radical (unpaired) electrons. The zero-order valence-electron chi connectivity index (χ0n) is 12.8. The summed E-state index contributed by atoms with van der Waals surface area (Å²) in [4.78, 5) is 10.6. The number of pyridine rings is 1. The number of hydrogen-bond donors (Lipinski definition) is 0. The quantitative estimate of drug-likeness (QED) is 0.672. The predicted octanol–water partition coefficient (Wildman–Crippen LogP) is 2.80. The topological polar surface area (TPSA) is 55.6 Å². The van der Waals surface area contributed by atoms with Gasteiger partial charge in [-0.25, -0.2) is 4.98 Å². The smallest absolute Gasteiger partial charge is 0.159 e. The van der Waals surface area contributed by atoms with Crippen LogP contribution in [0.4, 0.5) is 5.82 Å². The lowest BCUT2D eigenvalue weighted by Gasteiger charge is -2.18. The number of hydrogen-bond acceptors (Lipinski definition) is 5. The number of nitrogens with zero attached hydrogens (tertiary/aromatic N) is 5. The summed E-state index contributed by atoms with van der Waals surface area (Å²) in [5, 5.41) is 5.19. The minimum Gasteiger partial charge on any atom is -0.376 e. The molecule has 1 saturated heterocycles. The summed E-state index contributed by atoms with van der Waals surface area (Å²) in [6.45, 7) is 2.38. The number of anilines is 1. The molecule has 0 amide bonds. The van der Waals surface area contributed by atoms with Gasteiger partial charge in [-0.05, 0) is 17.7 Å². The average molecular weight is 340 g/mol. The lowest BCUT2D eigenvalue weighted by Crippen LogP contribution is -2.21. The molecule has 0 aliphatic carbocycles. The van der Waals surface area contributed by atoms with Gasteiger partial charge in [0.2, 0.25) is 0 Å². The van der Waals surface area contributed by atoms with Crippen LogP contribution < -0.4 is 4.90 Å². The van der Waals surface area contributed by atoms with Crippen LogP contribution in [0.1, 0.15) is 0 Å². The molecule has 2 aliphatic heterocycles. The summed E-state index contributed by atoms with van der Waals surface area (Å²) < 4.78 is 7.35. The molecule has 5 rings (SSSR count). The van der Waals surface area contributed by atoms with Crippen molar-refractivity contribution in [2.45, 2.75) is 0 Å². The SMILES string of the molecule is Clc1cc(N2C=C3COCC3C2)n2nc(-c3ccncc3)cc2n1. The van der Waals surface area contributed by atoms with Gasteiger partial charge in [0, 0.05) is 48.8 Å². The van der Waals surface area contributed by atoms with Gasteiger partial charge in [0.25, 0.3) is 0 Å². The minimum atomic E-state index is 0.460. The molecular weight excluding hydrogens is 326 g/mol. The van der Waals surface area contributed by atoms with Crippen molar-refractivity contribution in [1.29, 1.82) is 0 Å². The molecular formula is C17H14ClN5O. The summed E-state index contributed by atoms with van der Waals surface area (Å²) in [5.74, 6) is 1.38. The number of rotatable bonds is 2. The zero-order chi connectivity index (χ0) is 16.1. The molecule has 0 saturated carbocycles. The second-order valence-corrected chi connectivity index (χ2v) is 6.43. The minimum absolute atomic E-state index is 0.460. The summed E-state index contributed by atoms with van der Waals surface area (Å²) in [5.41, 5.74) is 3.92. The lowest BCUT2D eigenvalue weighted by atomic mass is 10.1. The Morgan fingerprint density at radius 2 is 2.08 bits per heavy atom. The largest absolute Gasteiger partial charge is 0.376 e. The van der Waals surface area contributed by atoms with E-state index in [1.807, 2.05) is 28.8 Å². The monoisotopic (exact) mass is 339 g/mol. The van der Waals surface area contributed by atoms with E-state index in [4.69, 9.17) is 21.4 Å². The fourth-order valence-corrected chi connectivity index (χ4v) is 3.49. The van der Waals surface area contributed by atoms with E-state index in [0.717, 1.165) is 35.9 Å². The van der Waals surface area contributed by atoms with E-state index in [0.29, 0.717) is 17.7 Å². The van der Waals surface area contributed by atoms with Crippen molar-refractivity contribution in [2.24, 2.45) is 5.92 Å². The van der Waals surface area contributed by atoms with Crippen molar-refractivity contribution in [3.05, 3.63) is 53.6 Å². The van der Waals surface area contributed by atoms with Crippen molar-refractivity contribution >= 4 is 23.1 Å². The summed E-state index contributed by atoms with van der Waals surface area (Å²) >= 11 is 6.24. The third kappa shape index (κ3) is 2.18. The Balaban J connectivity index is 1.64. The molecule has 0 spiro atoms. The average Bonchev–Trinajstić information content (AvgIpc) is 3.28. The Morgan fingerprint density at radius 3 is 2.92 bits per heavy atom. The Bertz CT molecular complexity index is 952. The van der Waals surface area contributed by atoms with Gasteiger partial charge < -0.3 is 9.64 Å². The summed E-state index contributed by atoms with van der Waals surface area (Å²) in [6, 6.07) is 7.67. The highest BCUT2D eigenvalue weighted by Gasteiger charge is 2.31. The Labute approximate surface area is 143 Å². The molecule has 24 heavy (non-hydrogen) atoms. The van der Waals surface area contributed by atoms with Crippen molar-refractivity contribution in [1.82, 2.24) is 19.6 Å². The number of ether oxygens (including phenoxy) is 1. The van der Waals surface area contributed by atoms with Crippen molar-refractivity contribution < 1.29 is 4.74 Å². The number of aromatic nitrogens is 4. The first-order valence-electron chi connectivity index (χ1n) is 7.79. The molecule has 5 heterocycles. The fraction of sp³-hybridized carbons (Fsp3) is 0.235. The van der Waals surface area contributed by atoms with E-state index in [2.05, 4.69) is 21.1 Å². The van der Waals surface area contributed by atoms with Crippen LogP contribution in [0.2, 0.25) is 5.15 Å². The predicted molar refractivity (Wildman–Crippen MR) is 91.0 cm³/mol. The standard InChI is InChI=1S/C17H14ClN5O/c18-15-6-17(22-7-12-9-24-10-13(12)8-22)23-16(20-15)5-14(21-23)11-1-3-19-4-2-11/h1-7,13H,8-10H2. The van der Waals surface area contributed by atoms with Gasteiger partial charge in [0.1, 0.15) is 11.0 Å². The van der Waals surface area contributed by atoms with Crippen LogP contribution in [0.25, 0.3) is 16.9 Å². The normalized spacial score (nSPS) is 19.8. The van der Waals surface area contributed by atoms with Gasteiger partial charge in [0.05, 0.1) is 18.9 Å². The van der Waals surface area contributed by atoms with Crippen LogP contribution in [0, 0.1) is 5.92 Å². The Hall–Kier alpha value is -2.44. The molecule has 2 aliphatic rings. The Kier molecular flexibility index (Phi) is 3.08. The van der Waals surface area contributed by atoms with Gasteiger partial charge >= 0.3 is 0 Å². The molecule has 120 valence electrons. The van der Waals surface area contributed by atoms with Crippen molar-refractivity contribution in [3.63, 3.8) is 0 Å². The van der Waals surface area contributed by atoms with E-state index in [9.17, 15) is 0 Å². The molecule has 3 aromatic heterocycles. The van der Waals surface area contributed by atoms with Gasteiger partial charge in [-0.2, -0.15) is 9.61 Å². The molecule has 7 heteroatoms. The first-order chi connectivity index (χ1) is 11.8. The molecule has 0 bridgehead atoms. The highest BCUT2D eigenvalue weighted by atomic mass is 35.5. The molecule has 0 aromatic carbocycles. The highest BCUT2D eigenvalue weighted by molar-refractivity contribution is 6.29. The van der Waals surface area contributed by atoms with Crippen LogP contribution in [-0.2, 0) is 4.74 Å². The molecule has 0 N–H and O–H groups in total. The van der Waals surface area contributed by atoms with Gasteiger partial charge in [-0.1, -0.05) is 11.6 Å². The first-order valence-corrected chi connectivity index (χ1v) is 8.17. The van der Waals surface area contributed by atoms with Gasteiger partial charge in [-0.15, -0.1) is 0 Å². The van der Waals surface area contributed by atoms with Crippen LogP contribution >= 0.6 is 11.6 Å². The van der Waals surface area contributed by atoms with Crippen LogP contribution in [0.3, 0.4) is 0 Å². The van der Waals surface area contributed by atoms with Crippen molar-refractivity contribution in [3.8, 4) is 11.3 Å². The first kappa shape index (κ1) is 13.9. The highest BCUT2D eigenvalue weighted by Crippen LogP contribution is 2.32. The van der Waals surface area contributed by atoms with Gasteiger partial charge in [0.15, 0.2) is 5.65 Å². The maximum absolute atomic E-state index is 6.24. The summed E-state index contributed by atoms with van der Waals surface area (Å²) in [7, 11) is 0. The van der Waals surface area contributed by atoms with Crippen LogP contribution in [0.15, 0.2) is 48.4 Å². The maximum atomic E-state index is 6.24. The third-order valence-corrected chi connectivity index (χ3v) is 4.69.